The molecule has 0 bridgehead atoms. The Hall–Kier alpha value is -1.70. The smallest absolute Gasteiger partial charge is 0.394 e. The van der Waals surface area contributed by atoms with Crippen molar-refractivity contribution in [2.45, 2.75) is 119 Å². The van der Waals surface area contributed by atoms with Crippen LogP contribution in [0.5, 0.6) is 0 Å². The molecular weight excluding hydrogens is 873 g/mol. The number of aliphatic hydroxyl groups excluding tert-OH is 7. The SMILES string of the molecule is CC(=O)N[C@H]1[C@@H](OP(=O)(O)OCCCN)O[C@H](CO)[C@@H](OP(=O)(O)O[C@H]2O[C@H](CO)[C@@H](OP(=O)(O)O[C@H]3O[C@H](CO)[C@@H](O)[C@H](O)[C@H]3NC(C)=O)[C@H](O)[C@H]2NC(C)=O)[C@@H]1O. The van der Waals surface area contributed by atoms with E-state index in [1.165, 1.54) is 0 Å². The molecule has 0 aromatic heterocycles. The first kappa shape index (κ1) is 51.6. The summed E-state index contributed by atoms with van der Waals surface area (Å²) in [7, 11) is -16.3. The number of ether oxygens (including phenoxy) is 3. The van der Waals surface area contributed by atoms with Crippen molar-refractivity contribution in [2.24, 2.45) is 5.73 Å². The second-order valence-electron chi connectivity index (χ2n) is 13.2. The fourth-order valence-corrected chi connectivity index (χ4v) is 8.94. The molecule has 3 fully saturated rings. The first-order valence-corrected chi connectivity index (χ1v) is 22.0. The number of hydrogen-bond acceptors (Lipinski definition) is 23. The molecule has 3 aliphatic rings. The molecule has 3 rings (SSSR count). The molecule has 0 aliphatic carbocycles. The lowest BCUT2D eigenvalue weighted by atomic mass is 9.97. The largest absolute Gasteiger partial charge is 0.475 e. The Kier molecular flexibility index (Phi) is 19.3. The number of nitrogens with two attached hydrogens (primary N) is 1. The van der Waals surface area contributed by atoms with Crippen LogP contribution >= 0.6 is 23.5 Å². The van der Waals surface area contributed by atoms with Gasteiger partial charge in [-0.1, -0.05) is 0 Å². The van der Waals surface area contributed by atoms with Crippen LogP contribution in [0, 0.1) is 0 Å². The van der Waals surface area contributed by atoms with Crippen molar-refractivity contribution >= 4 is 41.2 Å². The van der Waals surface area contributed by atoms with E-state index < -0.39 is 153 Å². The highest BCUT2D eigenvalue weighted by molar-refractivity contribution is 7.48. The van der Waals surface area contributed by atoms with Crippen LogP contribution in [-0.4, -0.2) is 193 Å². The summed E-state index contributed by atoms with van der Waals surface area (Å²) in [5, 5.41) is 79.2. The number of rotatable bonds is 20. The second kappa shape index (κ2) is 22.1. The molecule has 0 aromatic rings. The number of phosphoric ester groups is 3. The first-order chi connectivity index (χ1) is 27.4. The van der Waals surface area contributed by atoms with Crippen LogP contribution < -0.4 is 21.7 Å². The average molecular weight is 925 g/mol. The second-order valence-corrected chi connectivity index (χ2v) is 17.3. The number of nitrogens with one attached hydrogen (secondary N) is 3. The quantitative estimate of drug-likeness (QED) is 0.0399. The molecule has 32 heteroatoms. The first-order valence-electron chi connectivity index (χ1n) is 17.5. The Morgan fingerprint density at radius 1 is 0.559 bits per heavy atom. The molecule has 0 aromatic carbocycles. The molecular formula is C27H51N4O25P3. The molecule has 15 N–H and O–H groups in total. The summed E-state index contributed by atoms with van der Waals surface area (Å²) in [5.74, 6) is -2.69. The third-order valence-electron chi connectivity index (χ3n) is 8.52. The Balaban J connectivity index is 1.85. The van der Waals surface area contributed by atoms with Crippen LogP contribution in [0.1, 0.15) is 27.2 Å². The molecule has 3 heterocycles. The monoisotopic (exact) mass is 924 g/mol. The van der Waals surface area contributed by atoms with E-state index in [4.69, 9.17) is 47.1 Å². The number of carbonyl (C=O) groups is 3. The maximum Gasteiger partial charge on any atom is 0.475 e. The Bertz CT molecular complexity index is 1570. The van der Waals surface area contributed by atoms with Gasteiger partial charge in [0.15, 0.2) is 18.9 Å². The van der Waals surface area contributed by atoms with Gasteiger partial charge in [-0.15, -0.1) is 0 Å². The van der Waals surface area contributed by atoms with Crippen LogP contribution in [0.2, 0.25) is 0 Å². The van der Waals surface area contributed by atoms with Crippen molar-refractivity contribution in [2.75, 3.05) is 33.0 Å². The summed E-state index contributed by atoms with van der Waals surface area (Å²) >= 11 is 0. The highest BCUT2D eigenvalue weighted by Gasteiger charge is 2.56. The van der Waals surface area contributed by atoms with Crippen molar-refractivity contribution < 1.29 is 120 Å². The van der Waals surface area contributed by atoms with E-state index in [1.807, 2.05) is 0 Å². The fourth-order valence-electron chi connectivity index (χ4n) is 5.96. The Morgan fingerprint density at radius 2 is 0.898 bits per heavy atom. The van der Waals surface area contributed by atoms with E-state index in [2.05, 4.69) is 16.0 Å². The fraction of sp³-hybridized carbons (Fsp3) is 0.889. The summed E-state index contributed by atoms with van der Waals surface area (Å²) < 4.78 is 85.2. The van der Waals surface area contributed by atoms with Crippen molar-refractivity contribution in [1.82, 2.24) is 16.0 Å². The molecule has 29 nitrogen and oxygen atoms in total. The Morgan fingerprint density at radius 3 is 1.24 bits per heavy atom. The van der Waals surface area contributed by atoms with E-state index in [0.29, 0.717) is 0 Å². The normalized spacial score (nSPS) is 38.2. The van der Waals surface area contributed by atoms with Crippen molar-refractivity contribution in [1.29, 1.82) is 0 Å². The molecule has 3 saturated heterocycles. The number of amides is 3. The average Bonchev–Trinajstić information content (AvgIpc) is 3.12. The standard InChI is InChI=1S/C27H51N4O25P3/c1-10(35)29-16-20(39)19(38)13(7-32)49-25(16)55-58(44,45)52-24-15(9-34)51-27(18(22(24)41)31-12(3)37)56-59(46,47)53-23-14(8-33)50-26(17(21(23)40)30-11(2)36)54-57(42,43)48-6-4-5-28/h13-27,32-34,38-41H,4-9,28H2,1-3H3,(H,29,35)(H,30,36)(H,31,37)(H,42,43)(H,44,45)(H,46,47)/t13-,14-,15-,16-,17-,18-,19-,20-,21-,22-,23-,24-,25-,26-,27-/m1/s1. The van der Waals surface area contributed by atoms with Gasteiger partial charge in [0.2, 0.25) is 17.7 Å². The van der Waals surface area contributed by atoms with Gasteiger partial charge < -0.3 is 86.3 Å². The van der Waals surface area contributed by atoms with E-state index in [-0.39, 0.29) is 19.6 Å². The Labute approximate surface area is 334 Å². The van der Waals surface area contributed by atoms with E-state index >= 15 is 0 Å². The van der Waals surface area contributed by atoms with Crippen LogP contribution in [0.15, 0.2) is 0 Å². The van der Waals surface area contributed by atoms with E-state index in [9.17, 15) is 78.5 Å². The lowest BCUT2D eigenvalue weighted by Crippen LogP contribution is -2.66. The lowest BCUT2D eigenvalue weighted by molar-refractivity contribution is -0.263. The van der Waals surface area contributed by atoms with Gasteiger partial charge in [-0.25, -0.2) is 13.7 Å². The van der Waals surface area contributed by atoms with Crippen LogP contribution in [-0.2, 0) is 69.4 Å². The minimum atomic E-state index is -5.72. The number of carbonyl (C=O) groups excluding carboxylic acids is 3. The van der Waals surface area contributed by atoms with E-state index in [0.717, 1.165) is 20.8 Å². The summed E-state index contributed by atoms with van der Waals surface area (Å²) in [4.78, 5) is 67.6. The predicted molar refractivity (Wildman–Crippen MR) is 186 cm³/mol. The molecule has 3 amide bonds. The van der Waals surface area contributed by atoms with Crippen LogP contribution in [0.25, 0.3) is 0 Å². The molecule has 344 valence electrons. The van der Waals surface area contributed by atoms with E-state index in [1.54, 1.807) is 0 Å². The number of aliphatic hydroxyl groups is 7. The zero-order valence-electron chi connectivity index (χ0n) is 31.4. The minimum Gasteiger partial charge on any atom is -0.394 e. The predicted octanol–water partition coefficient (Wildman–Crippen LogP) is -6.42. The number of hydrogen-bond donors (Lipinski definition) is 14. The third kappa shape index (κ3) is 14.4. The summed E-state index contributed by atoms with van der Waals surface area (Å²) in [5.41, 5.74) is 5.33. The van der Waals surface area contributed by atoms with Gasteiger partial charge in [0, 0.05) is 20.8 Å². The van der Waals surface area contributed by atoms with Gasteiger partial charge >= 0.3 is 23.5 Å². The van der Waals surface area contributed by atoms with Gasteiger partial charge in [0.25, 0.3) is 0 Å². The molecule has 0 spiro atoms. The molecule has 59 heavy (non-hydrogen) atoms. The zero-order valence-corrected chi connectivity index (χ0v) is 34.1. The van der Waals surface area contributed by atoms with Gasteiger partial charge in [-0.05, 0) is 13.0 Å². The topological polar surface area (TPSA) is 450 Å². The van der Waals surface area contributed by atoms with Gasteiger partial charge in [0.05, 0.1) is 26.4 Å². The van der Waals surface area contributed by atoms with Gasteiger partial charge in [0.1, 0.15) is 73.1 Å². The van der Waals surface area contributed by atoms with Gasteiger partial charge in [-0.2, -0.15) is 0 Å². The maximum atomic E-state index is 13.5. The molecule has 3 unspecified atom stereocenters. The number of phosphoric acid groups is 3. The van der Waals surface area contributed by atoms with Crippen molar-refractivity contribution in [3.63, 3.8) is 0 Å². The highest BCUT2D eigenvalue weighted by atomic mass is 31.2. The highest BCUT2D eigenvalue weighted by Crippen LogP contribution is 2.53. The molecule has 3 aliphatic heterocycles. The molecule has 0 saturated carbocycles. The summed E-state index contributed by atoms with van der Waals surface area (Å²) in [6.07, 6.45) is -24.5. The molecule has 18 atom stereocenters. The van der Waals surface area contributed by atoms with Crippen LogP contribution in [0.3, 0.4) is 0 Å². The minimum absolute atomic E-state index is 0.0679. The lowest BCUT2D eigenvalue weighted by Gasteiger charge is -2.46. The molecule has 0 radical (unpaired) electrons. The van der Waals surface area contributed by atoms with Crippen molar-refractivity contribution in [3.8, 4) is 0 Å². The summed E-state index contributed by atoms with van der Waals surface area (Å²) in [6.45, 7) is -0.781. The van der Waals surface area contributed by atoms with Crippen LogP contribution in [0.4, 0.5) is 0 Å². The zero-order chi connectivity index (χ0) is 44.6. The summed E-state index contributed by atoms with van der Waals surface area (Å²) in [6, 6.07) is -5.65. The van der Waals surface area contributed by atoms with Crippen molar-refractivity contribution in [3.05, 3.63) is 0 Å². The maximum absolute atomic E-state index is 13.5. The van der Waals surface area contributed by atoms with Gasteiger partial charge in [-0.3, -0.25) is 41.5 Å². The third-order valence-corrected chi connectivity index (χ3v) is 11.5.